The van der Waals surface area contributed by atoms with E-state index in [1.54, 1.807) is 0 Å². The average Bonchev–Trinajstić information content (AvgIpc) is 2.58. The Morgan fingerprint density at radius 2 is 2.07 bits per heavy atom. The molecular weight excluding hydrogens is 192 g/mol. The maximum Gasteiger partial charge on any atom is 0.0367 e. The summed E-state index contributed by atoms with van der Waals surface area (Å²) < 4.78 is 1.36. The minimum Gasteiger partial charge on any atom is -0.251 e. The van der Waals surface area contributed by atoms with Crippen molar-refractivity contribution in [2.45, 2.75) is 6.54 Å². The van der Waals surface area contributed by atoms with Gasteiger partial charge < -0.3 is 0 Å². The summed E-state index contributed by atoms with van der Waals surface area (Å²) in [6, 6.07) is 8.52. The summed E-state index contributed by atoms with van der Waals surface area (Å²) in [6.07, 6.45) is 0. The molecule has 0 amide bonds. The van der Waals surface area contributed by atoms with Gasteiger partial charge in [0.2, 0.25) is 0 Å². The first kappa shape index (κ1) is 9.65. The molecule has 0 radical (unpaired) electrons. The predicted octanol–water partition coefficient (Wildman–Crippen LogP) is 2.47. The van der Waals surface area contributed by atoms with Crippen LogP contribution < -0.4 is 5.43 Å². The standard InChI is InChI=1S/C11H14N2S/c1-13(2)12-7-9-8-14-11-6-4-3-5-10(9)11/h3-6,8,12H,7H2,1-2H3. The minimum atomic E-state index is 0.900. The van der Waals surface area contributed by atoms with Crippen LogP contribution in [0.4, 0.5) is 0 Å². The van der Waals surface area contributed by atoms with Crippen molar-refractivity contribution in [1.82, 2.24) is 10.4 Å². The second kappa shape index (κ2) is 4.09. The molecule has 3 heteroatoms. The van der Waals surface area contributed by atoms with Gasteiger partial charge in [-0.25, -0.2) is 0 Å². The van der Waals surface area contributed by atoms with Crippen molar-refractivity contribution in [3.8, 4) is 0 Å². The van der Waals surface area contributed by atoms with E-state index in [2.05, 4.69) is 35.1 Å². The summed E-state index contributed by atoms with van der Waals surface area (Å²) in [4.78, 5) is 0. The Hall–Kier alpha value is -0.900. The van der Waals surface area contributed by atoms with Crippen LogP contribution in [0.1, 0.15) is 5.56 Å². The van der Waals surface area contributed by atoms with Gasteiger partial charge >= 0.3 is 0 Å². The smallest absolute Gasteiger partial charge is 0.0367 e. The number of rotatable bonds is 3. The van der Waals surface area contributed by atoms with Crippen LogP contribution in [0, 0.1) is 0 Å². The summed E-state index contributed by atoms with van der Waals surface area (Å²) in [5.41, 5.74) is 4.65. The lowest BCUT2D eigenvalue weighted by molar-refractivity contribution is 0.286. The highest BCUT2D eigenvalue weighted by molar-refractivity contribution is 7.17. The highest BCUT2D eigenvalue weighted by Gasteiger charge is 2.02. The second-order valence-electron chi connectivity index (χ2n) is 3.49. The predicted molar refractivity (Wildman–Crippen MR) is 62.4 cm³/mol. The number of hydrazine groups is 1. The molecule has 1 aromatic heterocycles. The van der Waals surface area contributed by atoms with Crippen LogP contribution in [0.15, 0.2) is 29.6 Å². The van der Waals surface area contributed by atoms with Crippen molar-refractivity contribution < 1.29 is 0 Å². The first-order valence-corrected chi connectivity index (χ1v) is 5.51. The minimum absolute atomic E-state index is 0.900. The van der Waals surface area contributed by atoms with Crippen LogP contribution in [0.3, 0.4) is 0 Å². The lowest BCUT2D eigenvalue weighted by atomic mass is 10.2. The normalized spacial score (nSPS) is 11.4. The molecule has 74 valence electrons. The molecule has 0 aliphatic carbocycles. The van der Waals surface area contributed by atoms with Crippen molar-refractivity contribution in [1.29, 1.82) is 0 Å². The monoisotopic (exact) mass is 206 g/mol. The summed E-state index contributed by atoms with van der Waals surface area (Å²) in [7, 11) is 4.02. The molecule has 0 saturated heterocycles. The summed E-state index contributed by atoms with van der Waals surface area (Å²) in [5.74, 6) is 0. The Balaban J connectivity index is 2.25. The Morgan fingerprint density at radius 3 is 2.86 bits per heavy atom. The average molecular weight is 206 g/mol. The molecule has 0 bridgehead atoms. The number of nitrogens with zero attached hydrogens (tertiary/aromatic N) is 1. The third-order valence-electron chi connectivity index (χ3n) is 2.15. The number of fused-ring (bicyclic) bond motifs is 1. The van der Waals surface area contributed by atoms with Crippen molar-refractivity contribution in [2.75, 3.05) is 14.1 Å². The molecule has 0 saturated carbocycles. The van der Waals surface area contributed by atoms with Gasteiger partial charge in [0.15, 0.2) is 0 Å². The van der Waals surface area contributed by atoms with Crippen molar-refractivity contribution in [3.63, 3.8) is 0 Å². The molecule has 2 rings (SSSR count). The SMILES string of the molecule is CN(C)NCc1csc2ccccc12. The van der Waals surface area contributed by atoms with E-state index in [9.17, 15) is 0 Å². The fourth-order valence-electron chi connectivity index (χ4n) is 1.41. The number of thiophene rings is 1. The fourth-order valence-corrected chi connectivity index (χ4v) is 2.38. The van der Waals surface area contributed by atoms with Gasteiger partial charge in [0, 0.05) is 25.3 Å². The lowest BCUT2D eigenvalue weighted by Crippen LogP contribution is -2.29. The molecular formula is C11H14N2S. The lowest BCUT2D eigenvalue weighted by Gasteiger charge is -2.10. The molecule has 2 aromatic rings. The molecule has 0 aliphatic heterocycles. The topological polar surface area (TPSA) is 15.3 Å². The quantitative estimate of drug-likeness (QED) is 0.776. The van der Waals surface area contributed by atoms with Gasteiger partial charge in [-0.15, -0.1) is 11.3 Å². The Morgan fingerprint density at radius 1 is 1.29 bits per heavy atom. The van der Waals surface area contributed by atoms with E-state index in [1.807, 2.05) is 30.4 Å². The number of hydrogen-bond donors (Lipinski definition) is 1. The summed E-state index contributed by atoms with van der Waals surface area (Å²) >= 11 is 1.81. The van der Waals surface area contributed by atoms with E-state index < -0.39 is 0 Å². The van der Waals surface area contributed by atoms with Gasteiger partial charge in [0.25, 0.3) is 0 Å². The third-order valence-corrected chi connectivity index (χ3v) is 3.16. The van der Waals surface area contributed by atoms with Gasteiger partial charge in [-0.05, 0) is 22.4 Å². The summed E-state index contributed by atoms with van der Waals surface area (Å²) in [6.45, 7) is 0.900. The van der Waals surface area contributed by atoms with Crippen LogP contribution in [0.25, 0.3) is 10.1 Å². The maximum absolute atomic E-state index is 3.28. The van der Waals surface area contributed by atoms with E-state index in [4.69, 9.17) is 0 Å². The van der Waals surface area contributed by atoms with Crippen LogP contribution in [0.5, 0.6) is 0 Å². The molecule has 0 unspecified atom stereocenters. The molecule has 1 N–H and O–H groups in total. The van der Waals surface area contributed by atoms with Gasteiger partial charge in [-0.2, -0.15) is 0 Å². The van der Waals surface area contributed by atoms with Crippen LogP contribution in [-0.4, -0.2) is 19.1 Å². The molecule has 1 heterocycles. The van der Waals surface area contributed by atoms with Crippen molar-refractivity contribution in [2.24, 2.45) is 0 Å². The molecule has 14 heavy (non-hydrogen) atoms. The molecule has 0 aliphatic rings. The van der Waals surface area contributed by atoms with E-state index in [-0.39, 0.29) is 0 Å². The zero-order valence-electron chi connectivity index (χ0n) is 8.45. The van der Waals surface area contributed by atoms with E-state index in [1.165, 1.54) is 15.6 Å². The maximum atomic E-state index is 3.28. The third kappa shape index (κ3) is 1.95. The van der Waals surface area contributed by atoms with Crippen LogP contribution in [-0.2, 0) is 6.54 Å². The second-order valence-corrected chi connectivity index (χ2v) is 4.40. The number of hydrogen-bond acceptors (Lipinski definition) is 3. The van der Waals surface area contributed by atoms with Crippen LogP contribution in [0.2, 0.25) is 0 Å². The Labute approximate surface area is 88.1 Å². The van der Waals surface area contributed by atoms with Gasteiger partial charge in [-0.3, -0.25) is 10.4 Å². The first-order chi connectivity index (χ1) is 6.77. The molecule has 0 atom stereocenters. The van der Waals surface area contributed by atoms with E-state index in [0.29, 0.717) is 0 Å². The van der Waals surface area contributed by atoms with Gasteiger partial charge in [0.05, 0.1) is 0 Å². The molecule has 0 fully saturated rings. The Kier molecular flexibility index (Phi) is 2.82. The van der Waals surface area contributed by atoms with E-state index >= 15 is 0 Å². The highest BCUT2D eigenvalue weighted by Crippen LogP contribution is 2.25. The van der Waals surface area contributed by atoms with Crippen molar-refractivity contribution in [3.05, 3.63) is 35.2 Å². The molecule has 2 nitrogen and oxygen atoms in total. The largest absolute Gasteiger partial charge is 0.251 e. The van der Waals surface area contributed by atoms with Crippen LogP contribution >= 0.6 is 11.3 Å². The fraction of sp³-hybridized carbons (Fsp3) is 0.273. The zero-order chi connectivity index (χ0) is 9.97. The zero-order valence-corrected chi connectivity index (χ0v) is 9.27. The van der Waals surface area contributed by atoms with E-state index in [0.717, 1.165) is 6.54 Å². The first-order valence-electron chi connectivity index (χ1n) is 4.63. The number of benzene rings is 1. The Bertz CT molecular complexity index is 420. The molecule has 1 aromatic carbocycles. The van der Waals surface area contributed by atoms with Gasteiger partial charge in [0.1, 0.15) is 0 Å². The van der Waals surface area contributed by atoms with Gasteiger partial charge in [-0.1, -0.05) is 18.2 Å². The molecule has 0 spiro atoms. The van der Waals surface area contributed by atoms with Crippen molar-refractivity contribution >= 4 is 21.4 Å². The number of nitrogens with one attached hydrogen (secondary N) is 1. The highest BCUT2D eigenvalue weighted by atomic mass is 32.1. The summed E-state index contributed by atoms with van der Waals surface area (Å²) in [5, 5.41) is 5.57.